The zero-order valence-corrected chi connectivity index (χ0v) is 18.0. The third kappa shape index (κ3) is 5.58. The minimum atomic E-state index is -3.38. The van der Waals surface area contributed by atoms with Crippen LogP contribution < -0.4 is 4.90 Å². The van der Waals surface area contributed by atoms with E-state index < -0.39 is 9.84 Å². The molecule has 1 unspecified atom stereocenters. The highest BCUT2D eigenvalue weighted by Gasteiger charge is 2.24. The van der Waals surface area contributed by atoms with E-state index in [9.17, 15) is 13.2 Å². The Hall–Kier alpha value is -2.38. The predicted molar refractivity (Wildman–Crippen MR) is 114 cm³/mol. The van der Waals surface area contributed by atoms with E-state index in [4.69, 9.17) is 4.74 Å². The molecule has 0 saturated carbocycles. The number of rotatable bonds is 7. The molecule has 1 saturated heterocycles. The minimum absolute atomic E-state index is 0.0121. The number of amides is 1. The summed E-state index contributed by atoms with van der Waals surface area (Å²) < 4.78 is 29.5. The molecule has 2 aromatic rings. The summed E-state index contributed by atoms with van der Waals surface area (Å²) in [6, 6.07) is 14.3. The van der Waals surface area contributed by atoms with Crippen molar-refractivity contribution < 1.29 is 17.9 Å². The molecule has 0 aliphatic carbocycles. The van der Waals surface area contributed by atoms with Crippen LogP contribution in [0.25, 0.3) is 0 Å². The van der Waals surface area contributed by atoms with Gasteiger partial charge in [-0.15, -0.1) is 0 Å². The van der Waals surface area contributed by atoms with Crippen molar-refractivity contribution in [1.29, 1.82) is 0 Å². The second-order valence-electron chi connectivity index (χ2n) is 7.68. The fraction of sp³-hybridized carbons (Fsp3) is 0.409. The molecule has 7 heteroatoms. The number of sulfone groups is 1. The van der Waals surface area contributed by atoms with Crippen LogP contribution in [0.3, 0.4) is 0 Å². The first-order chi connectivity index (χ1) is 13.7. The first-order valence-electron chi connectivity index (χ1n) is 9.71. The van der Waals surface area contributed by atoms with Crippen molar-refractivity contribution in [3.8, 4) is 0 Å². The molecule has 0 N–H and O–H groups in total. The van der Waals surface area contributed by atoms with E-state index in [0.717, 1.165) is 30.3 Å². The second kappa shape index (κ2) is 8.97. The quantitative estimate of drug-likeness (QED) is 0.694. The molecule has 0 aromatic heterocycles. The molecule has 1 amide bonds. The summed E-state index contributed by atoms with van der Waals surface area (Å²) in [5.74, 6) is -0.192. The van der Waals surface area contributed by atoms with Crippen molar-refractivity contribution in [1.82, 2.24) is 4.90 Å². The number of benzene rings is 2. The third-order valence-electron chi connectivity index (χ3n) is 5.07. The van der Waals surface area contributed by atoms with Crippen molar-refractivity contribution in [2.24, 2.45) is 0 Å². The fourth-order valence-electron chi connectivity index (χ4n) is 3.42. The summed E-state index contributed by atoms with van der Waals surface area (Å²) in [6.07, 6.45) is 3.08. The minimum Gasteiger partial charge on any atom is -0.378 e. The van der Waals surface area contributed by atoms with E-state index in [2.05, 4.69) is 0 Å². The monoisotopic (exact) mass is 416 g/mol. The van der Waals surface area contributed by atoms with Crippen LogP contribution in [0.2, 0.25) is 0 Å². The smallest absolute Gasteiger partial charge is 0.254 e. The lowest BCUT2D eigenvalue weighted by Gasteiger charge is -2.26. The Morgan fingerprint density at radius 2 is 1.86 bits per heavy atom. The molecule has 2 aromatic carbocycles. The highest BCUT2D eigenvalue weighted by atomic mass is 32.2. The number of hydrogen-bond acceptors (Lipinski definition) is 5. The highest BCUT2D eigenvalue weighted by molar-refractivity contribution is 7.90. The van der Waals surface area contributed by atoms with Gasteiger partial charge < -0.3 is 14.5 Å². The fourth-order valence-corrected chi connectivity index (χ4v) is 4.08. The van der Waals surface area contributed by atoms with Gasteiger partial charge in [-0.2, -0.15) is 0 Å². The van der Waals surface area contributed by atoms with Gasteiger partial charge in [0.05, 0.1) is 11.0 Å². The highest BCUT2D eigenvalue weighted by Crippen LogP contribution is 2.20. The van der Waals surface area contributed by atoms with Gasteiger partial charge >= 0.3 is 0 Å². The normalized spacial score (nSPS) is 16.6. The number of carbonyl (C=O) groups excluding carboxylic acids is 1. The summed E-state index contributed by atoms with van der Waals surface area (Å²) >= 11 is 0. The molecule has 0 spiro atoms. The molecular weight excluding hydrogens is 388 g/mol. The van der Waals surface area contributed by atoms with Crippen molar-refractivity contribution in [2.75, 3.05) is 38.4 Å². The lowest BCUT2D eigenvalue weighted by molar-refractivity contribution is 0.0507. The van der Waals surface area contributed by atoms with Gasteiger partial charge in [0.25, 0.3) is 5.91 Å². The summed E-state index contributed by atoms with van der Waals surface area (Å²) in [5.41, 5.74) is 2.48. The van der Waals surface area contributed by atoms with Gasteiger partial charge in [-0.3, -0.25) is 4.79 Å². The van der Waals surface area contributed by atoms with E-state index in [1.165, 1.54) is 12.1 Å². The number of ether oxygens (including phenoxy) is 1. The maximum atomic E-state index is 13.3. The maximum absolute atomic E-state index is 13.3. The Morgan fingerprint density at radius 1 is 1.14 bits per heavy atom. The van der Waals surface area contributed by atoms with Crippen LogP contribution in [0.4, 0.5) is 5.69 Å². The SMILES string of the molecule is CN(C)c1ccc(CN(CC2CCCO2)C(=O)c2cccc(S(C)(=O)=O)c2)cc1. The van der Waals surface area contributed by atoms with Crippen molar-refractivity contribution in [3.63, 3.8) is 0 Å². The zero-order valence-electron chi connectivity index (χ0n) is 17.2. The number of anilines is 1. The molecule has 1 aliphatic rings. The molecule has 3 rings (SSSR count). The van der Waals surface area contributed by atoms with Gasteiger partial charge in [-0.1, -0.05) is 18.2 Å². The molecular formula is C22H28N2O4S. The van der Waals surface area contributed by atoms with Gasteiger partial charge in [0.1, 0.15) is 0 Å². The number of nitrogens with zero attached hydrogens (tertiary/aromatic N) is 2. The van der Waals surface area contributed by atoms with Crippen LogP contribution in [-0.4, -0.2) is 58.8 Å². The van der Waals surface area contributed by atoms with Gasteiger partial charge in [0, 0.05) is 51.3 Å². The molecule has 0 radical (unpaired) electrons. The molecule has 156 valence electrons. The van der Waals surface area contributed by atoms with Crippen molar-refractivity contribution in [3.05, 3.63) is 59.7 Å². The molecule has 1 heterocycles. The van der Waals surface area contributed by atoms with E-state index in [1.54, 1.807) is 17.0 Å². The summed E-state index contributed by atoms with van der Waals surface area (Å²) in [6.45, 7) is 1.64. The summed E-state index contributed by atoms with van der Waals surface area (Å²) in [4.78, 5) is 17.2. The Kier molecular flexibility index (Phi) is 6.59. The first kappa shape index (κ1) is 21.3. The summed E-state index contributed by atoms with van der Waals surface area (Å²) in [7, 11) is 0.588. The van der Waals surface area contributed by atoms with Crippen LogP contribution >= 0.6 is 0 Å². The Labute approximate surface area is 173 Å². The van der Waals surface area contributed by atoms with Gasteiger partial charge in [-0.05, 0) is 48.7 Å². The molecule has 1 aliphatic heterocycles. The van der Waals surface area contributed by atoms with E-state index in [1.807, 2.05) is 43.3 Å². The van der Waals surface area contributed by atoms with Crippen LogP contribution in [0.1, 0.15) is 28.8 Å². The van der Waals surface area contributed by atoms with Crippen molar-refractivity contribution in [2.45, 2.75) is 30.4 Å². The van der Waals surface area contributed by atoms with Crippen LogP contribution in [-0.2, 0) is 21.1 Å². The number of hydrogen-bond donors (Lipinski definition) is 0. The zero-order chi connectivity index (χ0) is 21.0. The average molecular weight is 417 g/mol. The number of carbonyl (C=O) groups is 1. The predicted octanol–water partition coefficient (Wildman–Crippen LogP) is 2.98. The Morgan fingerprint density at radius 3 is 2.45 bits per heavy atom. The largest absolute Gasteiger partial charge is 0.378 e. The topological polar surface area (TPSA) is 66.9 Å². The molecule has 6 nitrogen and oxygen atoms in total. The van der Waals surface area contributed by atoms with E-state index in [0.29, 0.717) is 25.3 Å². The standard InChI is InChI=1S/C22H28N2O4S/c1-23(2)19-11-9-17(10-12-19)15-24(16-20-7-5-13-28-20)22(25)18-6-4-8-21(14-18)29(3,26)27/h4,6,8-12,14,20H,5,7,13,15-16H2,1-3H3. The van der Waals surface area contributed by atoms with Crippen LogP contribution in [0, 0.1) is 0 Å². The second-order valence-corrected chi connectivity index (χ2v) is 9.70. The van der Waals surface area contributed by atoms with Crippen LogP contribution in [0.5, 0.6) is 0 Å². The lowest BCUT2D eigenvalue weighted by Crippen LogP contribution is -2.37. The van der Waals surface area contributed by atoms with Crippen molar-refractivity contribution >= 4 is 21.4 Å². The molecule has 1 fully saturated rings. The maximum Gasteiger partial charge on any atom is 0.254 e. The Bertz CT molecular complexity index is 949. The van der Waals surface area contributed by atoms with E-state index in [-0.39, 0.29) is 16.9 Å². The summed E-state index contributed by atoms with van der Waals surface area (Å²) in [5, 5.41) is 0. The third-order valence-corrected chi connectivity index (χ3v) is 6.18. The lowest BCUT2D eigenvalue weighted by atomic mass is 10.1. The molecule has 1 atom stereocenters. The van der Waals surface area contributed by atoms with Gasteiger partial charge in [-0.25, -0.2) is 8.42 Å². The van der Waals surface area contributed by atoms with Crippen LogP contribution in [0.15, 0.2) is 53.4 Å². The molecule has 0 bridgehead atoms. The first-order valence-corrected chi connectivity index (χ1v) is 11.6. The molecule has 29 heavy (non-hydrogen) atoms. The Balaban J connectivity index is 1.85. The van der Waals surface area contributed by atoms with E-state index >= 15 is 0 Å². The van der Waals surface area contributed by atoms with Gasteiger partial charge in [0.15, 0.2) is 9.84 Å². The average Bonchev–Trinajstić information content (AvgIpc) is 3.20. The van der Waals surface area contributed by atoms with Gasteiger partial charge in [0.2, 0.25) is 0 Å².